The molecule has 0 unspecified atom stereocenters. The van der Waals surface area contributed by atoms with Crippen molar-refractivity contribution in [2.75, 3.05) is 24.1 Å². The number of nitrogens with one attached hydrogen (secondary N) is 3. The molecule has 0 aliphatic carbocycles. The van der Waals surface area contributed by atoms with E-state index in [0.29, 0.717) is 34.3 Å². The van der Waals surface area contributed by atoms with Crippen molar-refractivity contribution in [2.45, 2.75) is 30.7 Å². The monoisotopic (exact) mass is 534 g/mol. The maximum absolute atomic E-state index is 12.0. The first-order valence-electron chi connectivity index (χ1n) is 11.5. The first-order valence-corrected chi connectivity index (χ1v) is 12.5. The minimum absolute atomic E-state index is 0.0669. The minimum Gasteiger partial charge on any atom is -0.465 e. The summed E-state index contributed by atoms with van der Waals surface area (Å²) in [6.45, 7) is 1.77. The number of carbonyl (C=O) groups excluding carboxylic acids is 2. The Balaban J connectivity index is 1.64. The predicted molar refractivity (Wildman–Crippen MR) is 142 cm³/mol. The zero-order valence-corrected chi connectivity index (χ0v) is 21.3. The summed E-state index contributed by atoms with van der Waals surface area (Å²) in [5.74, 6) is 0.120. The van der Waals surface area contributed by atoms with Crippen LogP contribution in [0.4, 0.5) is 16.3 Å². The van der Waals surface area contributed by atoms with Crippen molar-refractivity contribution >= 4 is 41.2 Å². The molecule has 3 aromatic rings. The lowest BCUT2D eigenvalue weighted by molar-refractivity contribution is -0.121. The highest BCUT2D eigenvalue weighted by Crippen LogP contribution is 2.29. The van der Waals surface area contributed by atoms with Crippen molar-refractivity contribution in [3.63, 3.8) is 0 Å². The quantitative estimate of drug-likeness (QED) is 0.138. The molecule has 1 aromatic carbocycles. The fourth-order valence-corrected chi connectivity index (χ4v) is 4.10. The van der Waals surface area contributed by atoms with E-state index in [9.17, 15) is 19.6 Å². The second-order valence-corrected chi connectivity index (χ2v) is 8.92. The summed E-state index contributed by atoms with van der Waals surface area (Å²) < 4.78 is 0. The zero-order valence-electron chi connectivity index (χ0n) is 20.5. The average Bonchev–Trinajstić information content (AvgIpc) is 2.88. The van der Waals surface area contributed by atoms with Gasteiger partial charge >= 0.3 is 6.09 Å². The van der Waals surface area contributed by atoms with Gasteiger partial charge in [0, 0.05) is 49.1 Å². The molecule has 3 amide bonds. The second-order valence-electron chi connectivity index (χ2n) is 7.98. The number of nitrogen functional groups attached to an aromatic ring is 1. The van der Waals surface area contributed by atoms with Crippen LogP contribution in [-0.2, 0) is 21.8 Å². The molecule has 3 rings (SSSR count). The largest absolute Gasteiger partial charge is 0.465 e. The third-order valence-corrected chi connectivity index (χ3v) is 5.93. The highest BCUT2D eigenvalue weighted by atomic mass is 32.2. The third kappa shape index (κ3) is 8.45. The molecule has 0 aliphatic rings. The summed E-state index contributed by atoms with van der Waals surface area (Å²) >= 11 is 1.31. The van der Waals surface area contributed by atoms with Gasteiger partial charge in [-0.05, 0) is 30.7 Å². The van der Waals surface area contributed by atoms with E-state index >= 15 is 0 Å². The second kappa shape index (κ2) is 13.6. The van der Waals surface area contributed by atoms with Gasteiger partial charge in [-0.25, -0.2) is 14.8 Å². The van der Waals surface area contributed by atoms with E-state index in [-0.39, 0.29) is 42.7 Å². The lowest BCUT2D eigenvalue weighted by Gasteiger charge is -2.10. The van der Waals surface area contributed by atoms with Crippen molar-refractivity contribution in [1.29, 1.82) is 5.26 Å². The maximum Gasteiger partial charge on any atom is 0.404 e. The van der Waals surface area contributed by atoms with E-state index in [0.717, 1.165) is 11.4 Å². The van der Waals surface area contributed by atoms with Gasteiger partial charge in [0.1, 0.15) is 17.5 Å². The smallest absolute Gasteiger partial charge is 0.404 e. The number of anilines is 2. The van der Waals surface area contributed by atoms with E-state index in [4.69, 9.17) is 10.8 Å². The molecule has 0 spiro atoms. The number of thioether (sulfide) groups is 1. The molecule has 12 nitrogen and oxygen atoms in total. The van der Waals surface area contributed by atoms with E-state index in [1.54, 1.807) is 24.3 Å². The first kappa shape index (κ1) is 27.9. The summed E-state index contributed by atoms with van der Waals surface area (Å²) in [5, 5.41) is 26.0. The Labute approximate surface area is 223 Å². The van der Waals surface area contributed by atoms with Gasteiger partial charge in [0.05, 0.1) is 11.4 Å². The molecular weight excluding hydrogens is 508 g/mol. The molecule has 0 aliphatic heterocycles. The van der Waals surface area contributed by atoms with Crippen LogP contribution >= 0.6 is 11.8 Å². The summed E-state index contributed by atoms with van der Waals surface area (Å²) in [7, 11) is 0. The number of nitrogens with zero attached hydrogens (tertiary/aromatic N) is 4. The fraction of sp³-hybridized carbons (Fsp3) is 0.240. The highest BCUT2D eigenvalue weighted by Gasteiger charge is 2.15. The van der Waals surface area contributed by atoms with Crippen molar-refractivity contribution in [1.82, 2.24) is 25.6 Å². The highest BCUT2D eigenvalue weighted by molar-refractivity contribution is 7.98. The van der Waals surface area contributed by atoms with Gasteiger partial charge in [-0.15, -0.1) is 0 Å². The maximum atomic E-state index is 12.0. The number of carboxylic acid groups (broad SMARTS) is 1. The third-order valence-electron chi connectivity index (χ3n) is 5.05. The number of nitriles is 1. The minimum atomic E-state index is -1.14. The van der Waals surface area contributed by atoms with Crippen LogP contribution in [0.3, 0.4) is 0 Å². The van der Waals surface area contributed by atoms with Crippen molar-refractivity contribution < 1.29 is 19.5 Å². The van der Waals surface area contributed by atoms with Crippen LogP contribution in [0.5, 0.6) is 0 Å². The normalized spacial score (nSPS) is 10.3. The molecule has 0 radical (unpaired) electrons. The Morgan fingerprint density at radius 3 is 2.42 bits per heavy atom. The number of nitrogens with two attached hydrogens (primary N) is 1. The van der Waals surface area contributed by atoms with Crippen LogP contribution in [-0.4, -0.2) is 51.1 Å². The zero-order chi connectivity index (χ0) is 27.5. The molecule has 38 heavy (non-hydrogen) atoms. The fourth-order valence-electron chi connectivity index (χ4n) is 3.34. The molecule has 0 bridgehead atoms. The van der Waals surface area contributed by atoms with Gasteiger partial charge in [-0.1, -0.05) is 30.0 Å². The number of aromatic nitrogens is 3. The van der Waals surface area contributed by atoms with Gasteiger partial charge in [0.2, 0.25) is 11.8 Å². The van der Waals surface area contributed by atoms with Crippen LogP contribution < -0.4 is 21.7 Å². The summed E-state index contributed by atoms with van der Waals surface area (Å²) in [4.78, 5) is 47.1. The predicted octanol–water partition coefficient (Wildman–Crippen LogP) is 2.56. The number of carbonyl (C=O) groups is 3. The van der Waals surface area contributed by atoms with Crippen molar-refractivity contribution in [3.05, 3.63) is 59.4 Å². The Bertz CT molecular complexity index is 1360. The number of amides is 3. The number of rotatable bonds is 11. The molecule has 13 heteroatoms. The lowest BCUT2D eigenvalue weighted by Crippen LogP contribution is -2.34. The molecular formula is C25H26N8O4S. The Kier molecular flexibility index (Phi) is 9.95. The van der Waals surface area contributed by atoms with Gasteiger partial charge in [0.15, 0.2) is 5.16 Å². The van der Waals surface area contributed by atoms with Crippen molar-refractivity contribution in [3.8, 4) is 17.3 Å². The van der Waals surface area contributed by atoms with Gasteiger partial charge in [-0.3, -0.25) is 14.6 Å². The first-order chi connectivity index (χ1) is 18.2. The summed E-state index contributed by atoms with van der Waals surface area (Å²) in [6.07, 6.45) is -0.494. The van der Waals surface area contributed by atoms with Gasteiger partial charge in [-0.2, -0.15) is 5.26 Å². The molecule has 2 heterocycles. The Morgan fingerprint density at radius 2 is 1.74 bits per heavy atom. The molecule has 0 fully saturated rings. The van der Waals surface area contributed by atoms with Crippen LogP contribution in [0, 0.1) is 11.3 Å². The summed E-state index contributed by atoms with van der Waals surface area (Å²) in [5.41, 5.74) is 9.38. The Hall–Kier alpha value is -4.70. The topological polar surface area (TPSA) is 196 Å². The SMILES string of the molecule is CC(=O)Nc1ccc(-c2nc(SCc3cccc(CCC(=O)NCCNC(=O)O)n3)nc(N)c2C#N)cc1. The number of pyridine rings is 1. The molecule has 0 saturated heterocycles. The number of hydrogen-bond acceptors (Lipinski definition) is 9. The van der Waals surface area contributed by atoms with Crippen LogP contribution in [0.25, 0.3) is 11.3 Å². The van der Waals surface area contributed by atoms with Crippen LogP contribution in [0.1, 0.15) is 30.3 Å². The molecule has 2 aromatic heterocycles. The van der Waals surface area contributed by atoms with E-state index in [1.165, 1.54) is 18.7 Å². The van der Waals surface area contributed by atoms with Gasteiger partial charge in [0.25, 0.3) is 0 Å². The van der Waals surface area contributed by atoms with E-state index in [2.05, 4.69) is 37.0 Å². The molecule has 0 atom stereocenters. The van der Waals surface area contributed by atoms with E-state index < -0.39 is 6.09 Å². The number of aryl methyl sites for hydroxylation is 1. The number of benzene rings is 1. The molecule has 0 saturated carbocycles. The lowest BCUT2D eigenvalue weighted by atomic mass is 10.1. The molecule has 6 N–H and O–H groups in total. The number of hydrogen-bond donors (Lipinski definition) is 5. The van der Waals surface area contributed by atoms with E-state index in [1.807, 2.05) is 18.2 Å². The standard InChI is InChI=1S/C25H26N8O4S/c1-15(34)30-18-7-5-16(6-8-18)22-20(13-26)23(27)33-24(32-22)38-14-19-4-2-3-17(31-19)9-10-21(35)28-11-12-29-25(36)37/h2-8,29H,9-12,14H2,1H3,(H,28,35)(H,30,34)(H,36,37)(H2,27,32,33). The average molecular weight is 535 g/mol. The Morgan fingerprint density at radius 1 is 1.03 bits per heavy atom. The van der Waals surface area contributed by atoms with Gasteiger partial charge < -0.3 is 26.8 Å². The van der Waals surface area contributed by atoms with Crippen LogP contribution in [0.2, 0.25) is 0 Å². The van der Waals surface area contributed by atoms with Crippen molar-refractivity contribution in [2.24, 2.45) is 0 Å². The molecule has 196 valence electrons. The van der Waals surface area contributed by atoms with Crippen LogP contribution in [0.15, 0.2) is 47.6 Å². The summed E-state index contributed by atoms with van der Waals surface area (Å²) in [6, 6.07) is 14.5.